The molecule has 1 aliphatic carbocycles. The van der Waals surface area contributed by atoms with Gasteiger partial charge in [-0.05, 0) is 36.5 Å². The summed E-state index contributed by atoms with van der Waals surface area (Å²) in [6.45, 7) is 0.286. The molecular weight excluding hydrogens is 327 g/mol. The van der Waals surface area contributed by atoms with Crippen molar-refractivity contribution in [2.24, 2.45) is 11.7 Å². The average Bonchev–Trinajstić information content (AvgIpc) is 2.49. The molecule has 1 saturated carbocycles. The summed E-state index contributed by atoms with van der Waals surface area (Å²) in [6.07, 6.45) is 5.46. The minimum absolute atomic E-state index is 0.0737. The molecule has 1 atom stereocenters. The first-order valence-electron chi connectivity index (χ1n) is 7.55. The highest BCUT2D eigenvalue weighted by Gasteiger charge is 2.26. The van der Waals surface area contributed by atoms with Crippen molar-refractivity contribution in [3.63, 3.8) is 0 Å². The molecule has 4 nitrogen and oxygen atoms in total. The third-order valence-corrected chi connectivity index (χ3v) is 5.81. The van der Waals surface area contributed by atoms with Crippen LogP contribution in [0.3, 0.4) is 0 Å². The van der Waals surface area contributed by atoms with Crippen LogP contribution in [-0.4, -0.2) is 21.0 Å². The molecule has 124 valence electrons. The molecule has 1 aromatic carbocycles. The Hall–Kier alpha value is -0.690. The van der Waals surface area contributed by atoms with E-state index >= 15 is 0 Å². The standard InChI is InChI=1S/C15H22ClFN2O2S/c16-13-8-11(6-7-14(13)17)10-22(20,21)19-15(9-18)12-4-2-1-3-5-12/h6-8,12,15,19H,1-5,9-10,18H2. The molecule has 7 heteroatoms. The molecule has 0 saturated heterocycles. The monoisotopic (exact) mass is 348 g/mol. The number of nitrogens with one attached hydrogen (secondary N) is 1. The Bertz CT molecular complexity index is 604. The first-order valence-corrected chi connectivity index (χ1v) is 9.58. The van der Waals surface area contributed by atoms with Gasteiger partial charge in [-0.2, -0.15) is 0 Å². The Balaban J connectivity index is 2.03. The van der Waals surface area contributed by atoms with Crippen molar-refractivity contribution in [3.8, 4) is 0 Å². The van der Waals surface area contributed by atoms with E-state index in [1.54, 1.807) is 0 Å². The van der Waals surface area contributed by atoms with Crippen LogP contribution >= 0.6 is 11.6 Å². The van der Waals surface area contributed by atoms with Crippen molar-refractivity contribution < 1.29 is 12.8 Å². The van der Waals surface area contributed by atoms with Crippen molar-refractivity contribution in [2.75, 3.05) is 6.54 Å². The Morgan fingerprint density at radius 3 is 2.59 bits per heavy atom. The minimum Gasteiger partial charge on any atom is -0.329 e. The minimum atomic E-state index is -3.54. The average molecular weight is 349 g/mol. The summed E-state index contributed by atoms with van der Waals surface area (Å²) < 4.78 is 40.4. The van der Waals surface area contributed by atoms with E-state index in [4.69, 9.17) is 17.3 Å². The maximum absolute atomic E-state index is 13.1. The lowest BCUT2D eigenvalue weighted by Crippen LogP contribution is -2.46. The number of hydrogen-bond acceptors (Lipinski definition) is 3. The zero-order valence-corrected chi connectivity index (χ0v) is 14.0. The highest BCUT2D eigenvalue weighted by molar-refractivity contribution is 7.88. The molecule has 22 heavy (non-hydrogen) atoms. The van der Waals surface area contributed by atoms with Crippen LogP contribution < -0.4 is 10.5 Å². The van der Waals surface area contributed by atoms with E-state index in [2.05, 4.69) is 4.72 Å². The largest absolute Gasteiger partial charge is 0.329 e. The highest BCUT2D eigenvalue weighted by Crippen LogP contribution is 2.27. The van der Waals surface area contributed by atoms with Gasteiger partial charge in [-0.15, -0.1) is 0 Å². The maximum Gasteiger partial charge on any atom is 0.216 e. The van der Waals surface area contributed by atoms with Gasteiger partial charge in [-0.25, -0.2) is 17.5 Å². The molecule has 0 spiro atoms. The molecule has 0 aromatic heterocycles. The zero-order chi connectivity index (χ0) is 16.2. The molecule has 0 amide bonds. The molecule has 1 aliphatic rings. The van der Waals surface area contributed by atoms with Crippen molar-refractivity contribution >= 4 is 21.6 Å². The van der Waals surface area contributed by atoms with Crippen LogP contribution in [-0.2, 0) is 15.8 Å². The molecule has 0 heterocycles. The van der Waals surface area contributed by atoms with Gasteiger partial charge >= 0.3 is 0 Å². The second-order valence-electron chi connectivity index (χ2n) is 5.87. The quantitative estimate of drug-likeness (QED) is 0.830. The molecule has 1 unspecified atom stereocenters. The number of sulfonamides is 1. The normalized spacial score (nSPS) is 18.3. The molecule has 0 aliphatic heterocycles. The predicted octanol–water partition coefficient (Wildman–Crippen LogP) is 2.81. The van der Waals surface area contributed by atoms with Crippen LogP contribution in [0.15, 0.2) is 18.2 Å². The van der Waals surface area contributed by atoms with Crippen LogP contribution in [0.4, 0.5) is 4.39 Å². The van der Waals surface area contributed by atoms with Gasteiger partial charge in [0.15, 0.2) is 0 Å². The number of rotatable bonds is 6. The summed E-state index contributed by atoms with van der Waals surface area (Å²) >= 11 is 5.69. The van der Waals surface area contributed by atoms with E-state index in [-0.39, 0.29) is 23.4 Å². The fraction of sp³-hybridized carbons (Fsp3) is 0.600. The predicted molar refractivity (Wildman–Crippen MR) is 86.6 cm³/mol. The number of benzene rings is 1. The third kappa shape index (κ3) is 4.91. The Kier molecular flexibility index (Phi) is 6.20. The van der Waals surface area contributed by atoms with Crippen molar-refractivity contribution in [3.05, 3.63) is 34.6 Å². The van der Waals surface area contributed by atoms with E-state index in [1.807, 2.05) is 0 Å². The topological polar surface area (TPSA) is 72.2 Å². The second-order valence-corrected chi connectivity index (χ2v) is 8.03. The molecule has 3 N–H and O–H groups in total. The summed E-state index contributed by atoms with van der Waals surface area (Å²) in [5.74, 6) is -0.487. The summed E-state index contributed by atoms with van der Waals surface area (Å²) in [5.41, 5.74) is 6.21. The smallest absolute Gasteiger partial charge is 0.216 e. The van der Waals surface area contributed by atoms with Gasteiger partial charge in [0.2, 0.25) is 10.0 Å². The van der Waals surface area contributed by atoms with Gasteiger partial charge in [0.25, 0.3) is 0 Å². The number of nitrogens with two attached hydrogens (primary N) is 1. The highest BCUT2D eigenvalue weighted by atomic mass is 35.5. The van der Waals surface area contributed by atoms with E-state index < -0.39 is 15.8 Å². The van der Waals surface area contributed by atoms with Gasteiger partial charge in [0.05, 0.1) is 10.8 Å². The summed E-state index contributed by atoms with van der Waals surface area (Å²) in [4.78, 5) is 0. The van der Waals surface area contributed by atoms with Crippen molar-refractivity contribution in [1.82, 2.24) is 4.72 Å². The Labute approximate surface area is 136 Å². The Morgan fingerprint density at radius 1 is 1.32 bits per heavy atom. The maximum atomic E-state index is 13.1. The van der Waals surface area contributed by atoms with Gasteiger partial charge in [0, 0.05) is 12.6 Å². The lowest BCUT2D eigenvalue weighted by molar-refractivity contribution is 0.294. The lowest BCUT2D eigenvalue weighted by atomic mass is 9.84. The van der Waals surface area contributed by atoms with Crippen LogP contribution in [0.25, 0.3) is 0 Å². The van der Waals surface area contributed by atoms with Crippen molar-refractivity contribution in [2.45, 2.75) is 43.9 Å². The lowest BCUT2D eigenvalue weighted by Gasteiger charge is -2.29. The number of hydrogen-bond donors (Lipinski definition) is 2. The SMILES string of the molecule is NCC(NS(=O)(=O)Cc1ccc(F)c(Cl)c1)C1CCCCC1. The molecule has 2 rings (SSSR count). The number of halogens is 2. The second kappa shape index (κ2) is 7.73. The van der Waals surface area contributed by atoms with Crippen LogP contribution in [0.5, 0.6) is 0 Å². The van der Waals surface area contributed by atoms with Gasteiger partial charge < -0.3 is 5.73 Å². The van der Waals surface area contributed by atoms with Crippen LogP contribution in [0.2, 0.25) is 5.02 Å². The third-order valence-electron chi connectivity index (χ3n) is 4.14. The van der Waals surface area contributed by atoms with Crippen LogP contribution in [0, 0.1) is 11.7 Å². The van der Waals surface area contributed by atoms with E-state index in [0.29, 0.717) is 11.5 Å². The van der Waals surface area contributed by atoms with E-state index in [0.717, 1.165) is 25.7 Å². The van der Waals surface area contributed by atoms with Crippen molar-refractivity contribution in [1.29, 1.82) is 0 Å². The zero-order valence-electron chi connectivity index (χ0n) is 12.4. The fourth-order valence-corrected chi connectivity index (χ4v) is 4.65. The van der Waals surface area contributed by atoms with E-state index in [9.17, 15) is 12.8 Å². The summed E-state index contributed by atoms with van der Waals surface area (Å²) in [6, 6.07) is 3.71. The summed E-state index contributed by atoms with van der Waals surface area (Å²) in [5, 5.41) is -0.0737. The molecule has 0 radical (unpaired) electrons. The summed E-state index contributed by atoms with van der Waals surface area (Å²) in [7, 11) is -3.54. The first-order chi connectivity index (χ1) is 10.4. The molecule has 0 bridgehead atoms. The van der Waals surface area contributed by atoms with Gasteiger partial charge in [-0.3, -0.25) is 0 Å². The fourth-order valence-electron chi connectivity index (χ4n) is 2.99. The van der Waals surface area contributed by atoms with Crippen LogP contribution in [0.1, 0.15) is 37.7 Å². The van der Waals surface area contributed by atoms with Gasteiger partial charge in [-0.1, -0.05) is 36.9 Å². The first kappa shape index (κ1) is 17.7. The molecule has 1 fully saturated rings. The molecular formula is C15H22ClFN2O2S. The molecule has 1 aromatic rings. The van der Waals surface area contributed by atoms with E-state index in [1.165, 1.54) is 24.6 Å². The Morgan fingerprint density at radius 2 is 2.00 bits per heavy atom. The van der Waals surface area contributed by atoms with Gasteiger partial charge in [0.1, 0.15) is 5.82 Å².